The first-order chi connectivity index (χ1) is 13.2. The van der Waals surface area contributed by atoms with Crippen LogP contribution in [-0.2, 0) is 10.0 Å². The summed E-state index contributed by atoms with van der Waals surface area (Å²) in [5.74, 6) is 1.72. The van der Waals surface area contributed by atoms with Gasteiger partial charge in [-0.05, 0) is 31.1 Å². The third-order valence-electron chi connectivity index (χ3n) is 5.79. The monoisotopic (exact) mass is 554 g/mol. The minimum Gasteiger partial charge on any atom is -0.356 e. The lowest BCUT2D eigenvalue weighted by molar-refractivity contribution is -0.0496. The summed E-state index contributed by atoms with van der Waals surface area (Å²) in [7, 11) is -3.52. The molecule has 0 atom stereocenters. The molecule has 0 aromatic rings. The highest BCUT2D eigenvalue weighted by Crippen LogP contribution is 2.30. The summed E-state index contributed by atoms with van der Waals surface area (Å²) in [6, 6.07) is 0. The van der Waals surface area contributed by atoms with Crippen molar-refractivity contribution in [1.82, 2.24) is 14.9 Å². The van der Waals surface area contributed by atoms with E-state index in [1.807, 2.05) is 0 Å². The zero-order valence-electron chi connectivity index (χ0n) is 17.0. The maximum Gasteiger partial charge on any atom is 0.511 e. The number of halogens is 4. The predicted octanol–water partition coefficient (Wildman–Crippen LogP) is 3.69. The SMILES string of the molecule is CN=C(NCCCCC1CCCC1)NCC1CCN(S(=O)(=O)C(F)(F)F)CC1.I. The fourth-order valence-electron chi connectivity index (χ4n) is 4.03. The highest BCUT2D eigenvalue weighted by Gasteiger charge is 2.50. The van der Waals surface area contributed by atoms with Crippen LogP contribution in [0.4, 0.5) is 13.2 Å². The minimum absolute atomic E-state index is 0. The number of alkyl halides is 3. The van der Waals surface area contributed by atoms with Crippen molar-refractivity contribution >= 4 is 40.0 Å². The van der Waals surface area contributed by atoms with Gasteiger partial charge >= 0.3 is 15.5 Å². The third-order valence-corrected chi connectivity index (χ3v) is 7.42. The number of piperidine rings is 1. The first-order valence-electron chi connectivity index (χ1n) is 10.2. The zero-order valence-corrected chi connectivity index (χ0v) is 20.2. The fraction of sp³-hybridized carbons (Fsp3) is 0.944. The Morgan fingerprint density at radius 1 is 1.03 bits per heavy atom. The molecule has 1 heterocycles. The Morgan fingerprint density at radius 3 is 2.21 bits per heavy atom. The summed E-state index contributed by atoms with van der Waals surface area (Å²) in [6.07, 6.45) is 9.90. The van der Waals surface area contributed by atoms with Gasteiger partial charge in [-0.3, -0.25) is 4.99 Å². The van der Waals surface area contributed by atoms with Crippen LogP contribution in [0.2, 0.25) is 0 Å². The molecule has 0 amide bonds. The van der Waals surface area contributed by atoms with Crippen LogP contribution in [0.5, 0.6) is 0 Å². The largest absolute Gasteiger partial charge is 0.511 e. The lowest BCUT2D eigenvalue weighted by Crippen LogP contribution is -2.47. The average Bonchev–Trinajstić information content (AvgIpc) is 3.17. The van der Waals surface area contributed by atoms with Crippen LogP contribution in [0.3, 0.4) is 0 Å². The number of sulfonamides is 1. The second-order valence-corrected chi connectivity index (χ2v) is 9.75. The maximum absolute atomic E-state index is 12.6. The number of guanidine groups is 1. The number of rotatable bonds is 8. The van der Waals surface area contributed by atoms with Crippen molar-refractivity contribution < 1.29 is 21.6 Å². The first-order valence-corrected chi connectivity index (χ1v) is 11.7. The Hall–Kier alpha value is -0.300. The summed E-state index contributed by atoms with van der Waals surface area (Å²) < 4.78 is 61.2. The first kappa shape index (κ1) is 26.7. The standard InChI is InChI=1S/C18H33F3N4O2S.HI/c1-22-17(23-11-5-4-8-15-6-2-3-7-15)24-14-16-9-12-25(13-10-16)28(26,27)18(19,20)21;/h15-16H,2-14H2,1H3,(H2,22,23,24);1H. The molecule has 0 aromatic carbocycles. The van der Waals surface area contributed by atoms with Gasteiger partial charge in [0.15, 0.2) is 5.96 Å². The van der Waals surface area contributed by atoms with Crippen LogP contribution < -0.4 is 10.6 Å². The van der Waals surface area contributed by atoms with Crippen LogP contribution in [0.1, 0.15) is 57.8 Å². The molecule has 1 saturated heterocycles. The Balaban J connectivity index is 0.00000420. The van der Waals surface area contributed by atoms with Crippen molar-refractivity contribution in [2.24, 2.45) is 16.8 Å². The molecule has 6 nitrogen and oxygen atoms in total. The summed E-state index contributed by atoms with van der Waals surface area (Å²) in [6.45, 7) is 1.22. The molecule has 1 aliphatic heterocycles. The predicted molar refractivity (Wildman–Crippen MR) is 120 cm³/mol. The van der Waals surface area contributed by atoms with E-state index in [-0.39, 0.29) is 43.0 Å². The van der Waals surface area contributed by atoms with E-state index < -0.39 is 15.5 Å². The van der Waals surface area contributed by atoms with Crippen molar-refractivity contribution in [3.8, 4) is 0 Å². The molecule has 0 spiro atoms. The van der Waals surface area contributed by atoms with Crippen molar-refractivity contribution in [3.63, 3.8) is 0 Å². The summed E-state index contributed by atoms with van der Waals surface area (Å²) >= 11 is 0. The van der Waals surface area contributed by atoms with Crippen molar-refractivity contribution in [1.29, 1.82) is 0 Å². The highest BCUT2D eigenvalue weighted by molar-refractivity contribution is 14.0. The number of nitrogens with one attached hydrogen (secondary N) is 2. The van der Waals surface area contributed by atoms with Gasteiger partial charge in [-0.15, -0.1) is 24.0 Å². The Morgan fingerprint density at radius 2 is 1.66 bits per heavy atom. The Bertz CT molecular complexity index is 603. The van der Waals surface area contributed by atoms with Crippen LogP contribution in [0.25, 0.3) is 0 Å². The second-order valence-electron chi connectivity index (χ2n) is 7.82. The molecule has 11 heteroatoms. The maximum atomic E-state index is 12.6. The molecule has 29 heavy (non-hydrogen) atoms. The van der Waals surface area contributed by atoms with E-state index in [1.165, 1.54) is 38.5 Å². The summed E-state index contributed by atoms with van der Waals surface area (Å²) in [5.41, 5.74) is -5.22. The van der Waals surface area contributed by atoms with Crippen LogP contribution in [0, 0.1) is 11.8 Å². The van der Waals surface area contributed by atoms with E-state index in [1.54, 1.807) is 7.05 Å². The van der Waals surface area contributed by atoms with Gasteiger partial charge in [0.05, 0.1) is 0 Å². The van der Waals surface area contributed by atoms with Crippen molar-refractivity contribution in [3.05, 3.63) is 0 Å². The molecule has 2 fully saturated rings. The van der Waals surface area contributed by atoms with Crippen LogP contribution in [-0.4, -0.2) is 57.4 Å². The fourth-order valence-corrected chi connectivity index (χ4v) is 5.01. The lowest BCUT2D eigenvalue weighted by atomic mass is 9.98. The average molecular weight is 554 g/mol. The molecule has 0 radical (unpaired) electrons. The molecule has 2 N–H and O–H groups in total. The van der Waals surface area contributed by atoms with E-state index >= 15 is 0 Å². The molecule has 2 rings (SSSR count). The van der Waals surface area contributed by atoms with Crippen molar-refractivity contribution in [2.45, 2.75) is 63.3 Å². The molecule has 2 aliphatic rings. The van der Waals surface area contributed by atoms with Crippen LogP contribution in [0.15, 0.2) is 4.99 Å². The van der Waals surface area contributed by atoms with Gasteiger partial charge in [-0.2, -0.15) is 17.5 Å². The normalized spacial score (nSPS) is 20.5. The smallest absolute Gasteiger partial charge is 0.356 e. The number of aliphatic imine (C=N–C) groups is 1. The van der Waals surface area contributed by atoms with E-state index in [2.05, 4.69) is 15.6 Å². The highest BCUT2D eigenvalue weighted by atomic mass is 127. The van der Waals surface area contributed by atoms with Crippen molar-refractivity contribution in [2.75, 3.05) is 33.2 Å². The molecule has 1 aliphatic carbocycles. The lowest BCUT2D eigenvalue weighted by Gasteiger charge is -2.31. The third kappa shape index (κ3) is 8.39. The van der Waals surface area contributed by atoms with E-state index in [9.17, 15) is 21.6 Å². The second kappa shape index (κ2) is 12.5. The van der Waals surface area contributed by atoms with Gasteiger partial charge in [0.25, 0.3) is 0 Å². The van der Waals surface area contributed by atoms with Gasteiger partial charge in [-0.25, -0.2) is 8.42 Å². The summed E-state index contributed by atoms with van der Waals surface area (Å²) in [5, 5.41) is 6.47. The molecule has 0 bridgehead atoms. The Labute approximate surface area is 189 Å². The Kier molecular flexibility index (Phi) is 11.6. The van der Waals surface area contributed by atoms with E-state index in [0.717, 1.165) is 18.9 Å². The molecular weight excluding hydrogens is 520 g/mol. The minimum atomic E-state index is -5.22. The quantitative estimate of drug-likeness (QED) is 0.208. The molecule has 0 aromatic heterocycles. The van der Waals surface area contributed by atoms with Gasteiger partial charge in [0.1, 0.15) is 0 Å². The summed E-state index contributed by atoms with van der Waals surface area (Å²) in [4.78, 5) is 4.17. The van der Waals surface area contributed by atoms with Gasteiger partial charge in [0.2, 0.25) is 0 Å². The number of unbranched alkanes of at least 4 members (excludes halogenated alkanes) is 1. The molecule has 1 saturated carbocycles. The molecule has 172 valence electrons. The topological polar surface area (TPSA) is 73.8 Å². The van der Waals surface area contributed by atoms with Gasteiger partial charge in [-0.1, -0.05) is 38.5 Å². The van der Waals surface area contributed by atoms with E-state index in [4.69, 9.17) is 0 Å². The zero-order chi connectivity index (χ0) is 20.6. The number of hydrogen-bond donors (Lipinski definition) is 2. The number of hydrogen-bond acceptors (Lipinski definition) is 3. The number of nitrogens with zero attached hydrogens (tertiary/aromatic N) is 2. The molecule has 0 unspecified atom stereocenters. The molecular formula is C18H34F3IN4O2S. The van der Waals surface area contributed by atoms with Gasteiger partial charge in [0, 0.05) is 33.2 Å². The van der Waals surface area contributed by atoms with E-state index in [0.29, 0.717) is 29.7 Å². The van der Waals surface area contributed by atoms with Crippen LogP contribution >= 0.6 is 24.0 Å². The van der Waals surface area contributed by atoms with Gasteiger partial charge < -0.3 is 10.6 Å².